The number of carboxylic acids is 1. The van der Waals surface area contributed by atoms with Crippen molar-refractivity contribution in [3.05, 3.63) is 0 Å². The van der Waals surface area contributed by atoms with Gasteiger partial charge in [0.05, 0.1) is 5.92 Å². The molecule has 0 aliphatic heterocycles. The minimum atomic E-state index is -0.767. The van der Waals surface area contributed by atoms with Crippen LogP contribution in [-0.4, -0.2) is 23.0 Å². The van der Waals surface area contributed by atoms with E-state index < -0.39 is 11.9 Å². The number of aliphatic carboxylic acids is 1. The number of carbonyl (C=O) groups is 2. The molecule has 0 saturated heterocycles. The molecule has 2 atom stereocenters. The fourth-order valence-electron chi connectivity index (χ4n) is 3.04. The van der Waals surface area contributed by atoms with E-state index in [0.29, 0.717) is 18.9 Å². The second-order valence-electron chi connectivity index (χ2n) is 6.17. The molecule has 1 rings (SSSR count). The molecule has 0 aromatic carbocycles. The first-order valence-corrected chi connectivity index (χ1v) is 8.06. The van der Waals surface area contributed by atoms with E-state index in [9.17, 15) is 14.7 Å². The van der Waals surface area contributed by atoms with Gasteiger partial charge < -0.3 is 10.4 Å². The zero-order valence-electron chi connectivity index (χ0n) is 12.9. The minimum Gasteiger partial charge on any atom is -0.481 e. The molecular weight excluding hydrogens is 254 g/mol. The average Bonchev–Trinajstić information content (AvgIpc) is 2.39. The van der Waals surface area contributed by atoms with E-state index in [1.165, 1.54) is 19.3 Å². The molecule has 0 unspecified atom stereocenters. The number of rotatable bonds is 8. The van der Waals surface area contributed by atoms with Crippen molar-refractivity contribution in [2.24, 2.45) is 11.8 Å². The van der Waals surface area contributed by atoms with Crippen molar-refractivity contribution in [1.29, 1.82) is 0 Å². The van der Waals surface area contributed by atoms with E-state index in [-0.39, 0.29) is 11.8 Å². The van der Waals surface area contributed by atoms with Gasteiger partial charge in [0.25, 0.3) is 0 Å². The summed E-state index contributed by atoms with van der Waals surface area (Å²) in [5.74, 6) is -1.24. The van der Waals surface area contributed by atoms with Crippen LogP contribution in [0.25, 0.3) is 0 Å². The lowest BCUT2D eigenvalue weighted by atomic mass is 9.86. The Morgan fingerprint density at radius 3 is 2.45 bits per heavy atom. The summed E-state index contributed by atoms with van der Waals surface area (Å²) in [5.41, 5.74) is 0. The number of hydrogen-bond acceptors (Lipinski definition) is 2. The first-order valence-electron chi connectivity index (χ1n) is 8.06. The normalized spacial score (nSPS) is 19.3. The molecule has 1 fully saturated rings. The fourth-order valence-corrected chi connectivity index (χ4v) is 3.04. The van der Waals surface area contributed by atoms with Gasteiger partial charge in [0.2, 0.25) is 5.91 Å². The van der Waals surface area contributed by atoms with Crippen LogP contribution in [0.5, 0.6) is 0 Å². The Kier molecular flexibility index (Phi) is 7.63. The summed E-state index contributed by atoms with van der Waals surface area (Å²) in [4.78, 5) is 23.3. The van der Waals surface area contributed by atoms with Gasteiger partial charge in [-0.15, -0.1) is 0 Å². The summed E-state index contributed by atoms with van der Waals surface area (Å²) >= 11 is 0. The van der Waals surface area contributed by atoms with Gasteiger partial charge in [0.1, 0.15) is 0 Å². The van der Waals surface area contributed by atoms with E-state index >= 15 is 0 Å². The number of carboxylic acid groups (broad SMARTS) is 1. The first-order chi connectivity index (χ1) is 9.54. The molecule has 1 aliphatic carbocycles. The van der Waals surface area contributed by atoms with Crippen LogP contribution in [0.2, 0.25) is 0 Å². The molecule has 4 heteroatoms. The van der Waals surface area contributed by atoms with Gasteiger partial charge in [-0.2, -0.15) is 0 Å². The summed E-state index contributed by atoms with van der Waals surface area (Å²) < 4.78 is 0. The van der Waals surface area contributed by atoms with Crippen LogP contribution >= 0.6 is 0 Å². The third-order valence-corrected chi connectivity index (χ3v) is 4.35. The molecule has 0 bridgehead atoms. The molecular formula is C16H29NO3. The third kappa shape index (κ3) is 5.93. The number of nitrogens with one attached hydrogen (secondary N) is 1. The van der Waals surface area contributed by atoms with Gasteiger partial charge in [-0.25, -0.2) is 0 Å². The van der Waals surface area contributed by atoms with E-state index in [1.54, 1.807) is 0 Å². The van der Waals surface area contributed by atoms with Gasteiger partial charge in [0, 0.05) is 12.5 Å². The quantitative estimate of drug-likeness (QED) is 0.718. The molecule has 0 heterocycles. The molecule has 2 N–H and O–H groups in total. The Labute approximate surface area is 122 Å². The molecule has 0 radical (unpaired) electrons. The first kappa shape index (κ1) is 17.0. The summed E-state index contributed by atoms with van der Waals surface area (Å²) in [7, 11) is 0. The maximum atomic E-state index is 12.0. The van der Waals surface area contributed by atoms with Crippen LogP contribution < -0.4 is 5.32 Å². The topological polar surface area (TPSA) is 66.4 Å². The van der Waals surface area contributed by atoms with Crippen LogP contribution in [-0.2, 0) is 9.59 Å². The van der Waals surface area contributed by atoms with Crippen molar-refractivity contribution < 1.29 is 14.7 Å². The zero-order chi connectivity index (χ0) is 15.0. The van der Waals surface area contributed by atoms with Crippen molar-refractivity contribution in [3.63, 3.8) is 0 Å². The average molecular weight is 283 g/mol. The summed E-state index contributed by atoms with van der Waals surface area (Å²) in [6.07, 6.45) is 8.68. The highest BCUT2D eigenvalue weighted by molar-refractivity contribution is 5.78. The highest BCUT2D eigenvalue weighted by Gasteiger charge is 2.26. The van der Waals surface area contributed by atoms with Gasteiger partial charge in [-0.3, -0.25) is 9.59 Å². The predicted octanol–water partition coefficient (Wildman–Crippen LogP) is 3.35. The fraction of sp³-hybridized carbons (Fsp3) is 0.875. The lowest BCUT2D eigenvalue weighted by molar-refractivity contribution is -0.144. The molecule has 1 amide bonds. The number of hydrogen-bond donors (Lipinski definition) is 2. The van der Waals surface area contributed by atoms with Gasteiger partial charge in [0.15, 0.2) is 0 Å². The number of amides is 1. The Balaban J connectivity index is 2.39. The number of unbranched alkanes of at least 4 members (excludes halogenated alkanes) is 1. The Bertz CT molecular complexity index is 311. The van der Waals surface area contributed by atoms with Crippen LogP contribution in [0.4, 0.5) is 0 Å². The van der Waals surface area contributed by atoms with Gasteiger partial charge in [-0.05, 0) is 25.2 Å². The van der Waals surface area contributed by atoms with Crippen LogP contribution in [0, 0.1) is 11.8 Å². The van der Waals surface area contributed by atoms with Crippen molar-refractivity contribution in [2.75, 3.05) is 0 Å². The molecule has 20 heavy (non-hydrogen) atoms. The minimum absolute atomic E-state index is 0.0205. The predicted molar refractivity (Wildman–Crippen MR) is 79.4 cm³/mol. The van der Waals surface area contributed by atoms with Gasteiger partial charge in [-0.1, -0.05) is 46.0 Å². The second kappa shape index (κ2) is 8.98. The van der Waals surface area contributed by atoms with Crippen LogP contribution in [0.1, 0.15) is 71.6 Å². The highest BCUT2D eigenvalue weighted by Crippen LogP contribution is 2.23. The molecule has 0 aromatic rings. The van der Waals surface area contributed by atoms with Crippen molar-refractivity contribution >= 4 is 11.9 Å². The Morgan fingerprint density at radius 2 is 1.90 bits per heavy atom. The Morgan fingerprint density at radius 1 is 1.25 bits per heavy atom. The zero-order valence-corrected chi connectivity index (χ0v) is 12.9. The molecule has 1 saturated carbocycles. The monoisotopic (exact) mass is 283 g/mol. The van der Waals surface area contributed by atoms with Gasteiger partial charge >= 0.3 is 5.97 Å². The van der Waals surface area contributed by atoms with Crippen LogP contribution in [0.15, 0.2) is 0 Å². The van der Waals surface area contributed by atoms with E-state index in [4.69, 9.17) is 0 Å². The summed E-state index contributed by atoms with van der Waals surface area (Å²) in [5, 5.41) is 12.3. The second-order valence-corrected chi connectivity index (χ2v) is 6.17. The highest BCUT2D eigenvalue weighted by atomic mass is 16.4. The van der Waals surface area contributed by atoms with E-state index in [1.807, 2.05) is 6.92 Å². The lowest BCUT2D eigenvalue weighted by Gasteiger charge is -2.25. The third-order valence-electron chi connectivity index (χ3n) is 4.35. The standard InChI is InChI=1S/C16H29NO3/c1-3-4-10-14(16(19)20)12(2)11-15(18)17-13-8-6-5-7-9-13/h12-14H,3-11H2,1-2H3,(H,17,18)(H,19,20)/t12-,14+/m1/s1. The van der Waals surface area contributed by atoms with E-state index in [0.717, 1.165) is 25.7 Å². The molecule has 0 aromatic heterocycles. The maximum Gasteiger partial charge on any atom is 0.306 e. The maximum absolute atomic E-state index is 12.0. The van der Waals surface area contributed by atoms with Crippen molar-refractivity contribution in [2.45, 2.75) is 77.7 Å². The summed E-state index contributed by atoms with van der Waals surface area (Å²) in [6.45, 7) is 3.94. The lowest BCUT2D eigenvalue weighted by Crippen LogP contribution is -2.38. The summed E-state index contributed by atoms with van der Waals surface area (Å²) in [6, 6.07) is 0.308. The van der Waals surface area contributed by atoms with E-state index in [2.05, 4.69) is 12.2 Å². The van der Waals surface area contributed by atoms with Crippen LogP contribution in [0.3, 0.4) is 0 Å². The smallest absolute Gasteiger partial charge is 0.306 e. The largest absolute Gasteiger partial charge is 0.481 e. The molecule has 0 spiro atoms. The molecule has 4 nitrogen and oxygen atoms in total. The Hall–Kier alpha value is -1.06. The SMILES string of the molecule is CCCC[C@H](C(=O)O)[C@H](C)CC(=O)NC1CCCCC1. The number of carbonyl (C=O) groups excluding carboxylic acids is 1. The molecule has 116 valence electrons. The van der Waals surface area contributed by atoms with Crippen molar-refractivity contribution in [1.82, 2.24) is 5.32 Å². The van der Waals surface area contributed by atoms with Crippen molar-refractivity contribution in [3.8, 4) is 0 Å². The molecule has 1 aliphatic rings.